The summed E-state index contributed by atoms with van der Waals surface area (Å²) in [4.78, 5) is 0. The van der Waals surface area contributed by atoms with Crippen LogP contribution in [0.1, 0.15) is 6.42 Å². The van der Waals surface area contributed by atoms with Crippen molar-refractivity contribution in [3.8, 4) is 0 Å². The van der Waals surface area contributed by atoms with Crippen LogP contribution in [0.5, 0.6) is 0 Å². The lowest BCUT2D eigenvalue weighted by molar-refractivity contribution is 0.312. The van der Waals surface area contributed by atoms with Crippen molar-refractivity contribution >= 4 is 21.0 Å². The lowest BCUT2D eigenvalue weighted by Gasteiger charge is -2.13. The van der Waals surface area contributed by atoms with E-state index in [0.717, 1.165) is 6.42 Å². The van der Waals surface area contributed by atoms with Gasteiger partial charge in [0.15, 0.2) is 0 Å². The van der Waals surface area contributed by atoms with Crippen LogP contribution in [-0.2, 0) is 4.52 Å². The maximum atomic E-state index is 5.58. The first-order valence-corrected chi connectivity index (χ1v) is 5.90. The van der Waals surface area contributed by atoms with Crippen molar-refractivity contribution in [1.29, 1.82) is 0 Å². The van der Waals surface area contributed by atoms with Crippen molar-refractivity contribution in [2.75, 3.05) is 6.66 Å². The molecule has 1 aliphatic carbocycles. The fourth-order valence-electron chi connectivity index (χ4n) is 1.59. The molecule has 1 aliphatic rings. The summed E-state index contributed by atoms with van der Waals surface area (Å²) in [6.07, 6.45) is 5.77. The molecule has 0 fully saturated rings. The number of hydrogen-bond acceptors (Lipinski definition) is 1. The Labute approximate surface area is 80.0 Å². The smallest absolute Gasteiger partial charge is 0.0838 e. The summed E-state index contributed by atoms with van der Waals surface area (Å²) in [5.41, 5.74) is 0. The Morgan fingerprint density at radius 3 is 2.85 bits per heavy atom. The van der Waals surface area contributed by atoms with E-state index in [-0.39, 0.29) is 0 Å². The minimum Gasteiger partial charge on any atom is -0.355 e. The predicted molar refractivity (Wildman–Crippen MR) is 58.4 cm³/mol. The SMILES string of the molecule is CPOC1C=c2ccccc2=CC1. The average Bonchev–Trinajstić information content (AvgIpc) is 2.18. The van der Waals surface area contributed by atoms with E-state index >= 15 is 0 Å². The van der Waals surface area contributed by atoms with Gasteiger partial charge in [-0.1, -0.05) is 30.3 Å². The molecule has 2 rings (SSSR count). The highest BCUT2D eigenvalue weighted by molar-refractivity contribution is 7.31. The first-order valence-electron chi connectivity index (χ1n) is 4.49. The molecule has 0 amide bonds. The van der Waals surface area contributed by atoms with Crippen molar-refractivity contribution in [3.63, 3.8) is 0 Å². The number of benzene rings is 1. The first-order chi connectivity index (χ1) is 6.40. The quantitative estimate of drug-likeness (QED) is 0.641. The highest BCUT2D eigenvalue weighted by Gasteiger charge is 2.05. The van der Waals surface area contributed by atoms with Gasteiger partial charge >= 0.3 is 0 Å². The van der Waals surface area contributed by atoms with Gasteiger partial charge in [0.2, 0.25) is 0 Å². The second-order valence-corrected chi connectivity index (χ2v) is 3.74. The highest BCUT2D eigenvalue weighted by Crippen LogP contribution is 2.14. The predicted octanol–water partition coefficient (Wildman–Crippen LogP) is 1.26. The van der Waals surface area contributed by atoms with Gasteiger partial charge in [-0.3, -0.25) is 0 Å². The monoisotopic (exact) mass is 192 g/mol. The Kier molecular flexibility index (Phi) is 2.77. The minimum absolute atomic E-state index is 0.290. The zero-order chi connectivity index (χ0) is 9.10. The summed E-state index contributed by atoms with van der Waals surface area (Å²) < 4.78 is 5.58. The Morgan fingerprint density at radius 2 is 2.08 bits per heavy atom. The fourth-order valence-corrected chi connectivity index (χ4v) is 2.06. The maximum Gasteiger partial charge on any atom is 0.0838 e. The molecule has 68 valence electrons. The van der Waals surface area contributed by atoms with E-state index in [2.05, 4.69) is 43.1 Å². The van der Waals surface area contributed by atoms with Gasteiger partial charge in [-0.15, -0.1) is 0 Å². The Bertz CT molecular complexity index is 397. The summed E-state index contributed by atoms with van der Waals surface area (Å²) >= 11 is 0. The third-order valence-corrected chi connectivity index (χ3v) is 2.74. The van der Waals surface area contributed by atoms with E-state index in [1.165, 1.54) is 10.4 Å². The van der Waals surface area contributed by atoms with Gasteiger partial charge in [0.25, 0.3) is 0 Å². The van der Waals surface area contributed by atoms with Crippen LogP contribution in [-0.4, -0.2) is 12.8 Å². The van der Waals surface area contributed by atoms with E-state index in [9.17, 15) is 0 Å². The third-order valence-electron chi connectivity index (χ3n) is 2.20. The molecule has 0 spiro atoms. The zero-order valence-corrected chi connectivity index (χ0v) is 8.66. The summed E-state index contributed by atoms with van der Waals surface area (Å²) in [7, 11) is 0.575. The molecule has 0 radical (unpaired) electrons. The third kappa shape index (κ3) is 1.99. The molecule has 1 aromatic carbocycles. The second kappa shape index (κ2) is 4.04. The molecular formula is C11H13OP. The van der Waals surface area contributed by atoms with Gasteiger partial charge in [-0.25, -0.2) is 0 Å². The number of rotatable bonds is 2. The molecule has 0 bridgehead atoms. The van der Waals surface area contributed by atoms with Gasteiger partial charge in [0.05, 0.1) is 6.10 Å². The van der Waals surface area contributed by atoms with Gasteiger partial charge in [0, 0.05) is 8.81 Å². The van der Waals surface area contributed by atoms with Crippen molar-refractivity contribution in [2.24, 2.45) is 0 Å². The van der Waals surface area contributed by atoms with Gasteiger partial charge in [-0.05, 0) is 29.6 Å². The van der Waals surface area contributed by atoms with Gasteiger partial charge in [0.1, 0.15) is 0 Å². The van der Waals surface area contributed by atoms with Crippen LogP contribution < -0.4 is 10.4 Å². The van der Waals surface area contributed by atoms with Gasteiger partial charge in [-0.2, -0.15) is 0 Å². The summed E-state index contributed by atoms with van der Waals surface area (Å²) in [5.74, 6) is 0. The van der Waals surface area contributed by atoms with E-state index in [1.807, 2.05) is 0 Å². The topological polar surface area (TPSA) is 9.23 Å². The normalized spacial score (nSPS) is 20.8. The first kappa shape index (κ1) is 8.93. The average molecular weight is 192 g/mol. The van der Waals surface area contributed by atoms with Crippen LogP contribution in [0.4, 0.5) is 0 Å². The lowest BCUT2D eigenvalue weighted by atomic mass is 10.1. The lowest BCUT2D eigenvalue weighted by Crippen LogP contribution is -2.30. The number of hydrogen-bond donors (Lipinski definition) is 0. The largest absolute Gasteiger partial charge is 0.355 e. The van der Waals surface area contributed by atoms with Crippen molar-refractivity contribution in [3.05, 3.63) is 34.7 Å². The molecule has 2 unspecified atom stereocenters. The maximum absolute atomic E-state index is 5.58. The van der Waals surface area contributed by atoms with Crippen LogP contribution >= 0.6 is 8.81 Å². The van der Waals surface area contributed by atoms with E-state index < -0.39 is 0 Å². The van der Waals surface area contributed by atoms with E-state index in [0.29, 0.717) is 14.9 Å². The molecule has 0 saturated heterocycles. The molecule has 0 N–H and O–H groups in total. The molecule has 2 atom stereocenters. The Morgan fingerprint density at radius 1 is 1.31 bits per heavy atom. The van der Waals surface area contributed by atoms with Crippen LogP contribution in [0.15, 0.2) is 24.3 Å². The van der Waals surface area contributed by atoms with Crippen molar-refractivity contribution < 1.29 is 4.52 Å². The Balaban J connectivity index is 2.38. The Hall–Kier alpha value is -0.650. The molecule has 0 saturated carbocycles. The van der Waals surface area contributed by atoms with Crippen LogP contribution in [0.2, 0.25) is 0 Å². The molecule has 13 heavy (non-hydrogen) atoms. The van der Waals surface area contributed by atoms with E-state index in [4.69, 9.17) is 4.52 Å². The molecule has 2 heteroatoms. The second-order valence-electron chi connectivity index (χ2n) is 3.10. The van der Waals surface area contributed by atoms with E-state index in [1.54, 1.807) is 0 Å². The minimum atomic E-state index is 0.290. The summed E-state index contributed by atoms with van der Waals surface area (Å²) in [5, 5.41) is 2.64. The molecule has 0 aliphatic heterocycles. The van der Waals surface area contributed by atoms with Crippen LogP contribution in [0, 0.1) is 0 Å². The zero-order valence-electron chi connectivity index (χ0n) is 7.66. The highest BCUT2D eigenvalue weighted by atomic mass is 31.1. The molecule has 1 aromatic rings. The summed E-state index contributed by atoms with van der Waals surface area (Å²) in [6, 6.07) is 8.43. The van der Waals surface area contributed by atoms with Crippen LogP contribution in [0.3, 0.4) is 0 Å². The molecule has 0 aromatic heterocycles. The van der Waals surface area contributed by atoms with Crippen molar-refractivity contribution in [2.45, 2.75) is 12.5 Å². The fraction of sp³-hybridized carbons (Fsp3) is 0.273. The number of fused-ring (bicyclic) bond motifs is 1. The van der Waals surface area contributed by atoms with Gasteiger partial charge < -0.3 is 4.52 Å². The van der Waals surface area contributed by atoms with Crippen molar-refractivity contribution in [1.82, 2.24) is 0 Å². The molecule has 1 nitrogen and oxygen atoms in total. The molecular weight excluding hydrogens is 179 g/mol. The molecule has 0 heterocycles. The standard InChI is InChI=1S/C11H13OP/c1-13-12-11-7-6-9-4-2-3-5-10(9)8-11/h2-6,8,11,13H,7H2,1H3. The summed E-state index contributed by atoms with van der Waals surface area (Å²) in [6.45, 7) is 2.06. The van der Waals surface area contributed by atoms with Crippen LogP contribution in [0.25, 0.3) is 12.2 Å².